The summed E-state index contributed by atoms with van der Waals surface area (Å²) in [5.41, 5.74) is 1.27. The number of methoxy groups -OCH3 is 2. The van der Waals surface area contributed by atoms with Crippen molar-refractivity contribution in [3.05, 3.63) is 36.0 Å². The van der Waals surface area contributed by atoms with Gasteiger partial charge in [0.1, 0.15) is 5.75 Å². The van der Waals surface area contributed by atoms with E-state index in [-0.39, 0.29) is 5.97 Å². The summed E-state index contributed by atoms with van der Waals surface area (Å²) in [6, 6.07) is 7.30. The minimum absolute atomic E-state index is 0.369. The molecule has 0 fully saturated rings. The zero-order valence-corrected chi connectivity index (χ0v) is 10.6. The van der Waals surface area contributed by atoms with Crippen LogP contribution in [0.4, 0.5) is 0 Å². The Balaban J connectivity index is 3.17. The lowest BCUT2D eigenvalue weighted by atomic mass is 10.1. The number of esters is 1. The average molecular weight is 235 g/mol. The molecule has 4 nitrogen and oxygen atoms in total. The monoisotopic (exact) mass is 235 g/mol. The zero-order valence-electron chi connectivity index (χ0n) is 10.6. The third-order valence-electron chi connectivity index (χ3n) is 2.17. The van der Waals surface area contributed by atoms with Crippen LogP contribution in [-0.2, 0) is 9.53 Å². The minimum atomic E-state index is -0.369. The topological polar surface area (TPSA) is 38.8 Å². The second-order valence-corrected chi connectivity index (χ2v) is 3.73. The Labute approximate surface area is 101 Å². The molecule has 0 aliphatic carbocycles. The molecule has 0 aliphatic heterocycles. The van der Waals surface area contributed by atoms with Crippen molar-refractivity contribution in [2.75, 3.05) is 28.3 Å². The van der Waals surface area contributed by atoms with Crippen molar-refractivity contribution < 1.29 is 14.3 Å². The highest BCUT2D eigenvalue weighted by molar-refractivity contribution is 6.16. The molecule has 4 heteroatoms. The fraction of sp³-hybridized carbons (Fsp3) is 0.308. The highest BCUT2D eigenvalue weighted by atomic mass is 16.5. The summed E-state index contributed by atoms with van der Waals surface area (Å²) < 4.78 is 9.90. The van der Waals surface area contributed by atoms with Gasteiger partial charge in [0.25, 0.3) is 0 Å². The van der Waals surface area contributed by atoms with E-state index in [0.717, 1.165) is 5.56 Å². The van der Waals surface area contributed by atoms with Crippen molar-refractivity contribution >= 4 is 11.5 Å². The van der Waals surface area contributed by atoms with Gasteiger partial charge in [-0.3, -0.25) is 0 Å². The second kappa shape index (κ2) is 5.94. The quantitative estimate of drug-likeness (QED) is 0.589. The van der Waals surface area contributed by atoms with Gasteiger partial charge in [0.15, 0.2) is 0 Å². The highest BCUT2D eigenvalue weighted by Crippen LogP contribution is 2.21. The summed E-state index contributed by atoms with van der Waals surface area (Å²) in [6.07, 6.45) is 1.72. The molecular formula is C13H17NO3. The number of hydrogen-bond acceptors (Lipinski definition) is 4. The molecule has 17 heavy (non-hydrogen) atoms. The van der Waals surface area contributed by atoms with Crippen molar-refractivity contribution in [3.8, 4) is 5.75 Å². The zero-order chi connectivity index (χ0) is 12.8. The molecule has 0 bridgehead atoms. The number of rotatable bonds is 4. The molecule has 1 rings (SSSR count). The number of hydrogen-bond donors (Lipinski definition) is 0. The van der Waals surface area contributed by atoms with Crippen molar-refractivity contribution in [1.82, 2.24) is 4.90 Å². The van der Waals surface area contributed by atoms with E-state index >= 15 is 0 Å². The van der Waals surface area contributed by atoms with Gasteiger partial charge in [-0.15, -0.1) is 0 Å². The van der Waals surface area contributed by atoms with Gasteiger partial charge in [0.05, 0.1) is 19.8 Å². The van der Waals surface area contributed by atoms with Gasteiger partial charge in [-0.25, -0.2) is 4.79 Å². The molecule has 0 spiro atoms. The maximum Gasteiger partial charge on any atom is 0.339 e. The Morgan fingerprint density at radius 1 is 1.29 bits per heavy atom. The van der Waals surface area contributed by atoms with Gasteiger partial charge in [0, 0.05) is 20.3 Å². The molecule has 92 valence electrons. The molecule has 0 heterocycles. The van der Waals surface area contributed by atoms with Crippen LogP contribution in [0.1, 0.15) is 5.56 Å². The van der Waals surface area contributed by atoms with Crippen molar-refractivity contribution in [3.63, 3.8) is 0 Å². The fourth-order valence-corrected chi connectivity index (χ4v) is 1.40. The molecule has 0 radical (unpaired) electrons. The van der Waals surface area contributed by atoms with E-state index in [1.807, 2.05) is 32.3 Å². The van der Waals surface area contributed by atoms with Crippen LogP contribution >= 0.6 is 0 Å². The fourth-order valence-electron chi connectivity index (χ4n) is 1.40. The van der Waals surface area contributed by atoms with Crippen LogP contribution in [0.15, 0.2) is 30.5 Å². The first-order chi connectivity index (χ1) is 8.08. The number of carbonyl (C=O) groups excluding carboxylic acids is 1. The van der Waals surface area contributed by atoms with Crippen LogP contribution < -0.4 is 4.74 Å². The molecule has 0 saturated heterocycles. The van der Waals surface area contributed by atoms with Gasteiger partial charge < -0.3 is 14.4 Å². The Morgan fingerprint density at radius 2 is 2.00 bits per heavy atom. The summed E-state index contributed by atoms with van der Waals surface area (Å²) in [4.78, 5) is 13.5. The Hall–Kier alpha value is -1.97. The molecule has 1 aromatic rings. The lowest BCUT2D eigenvalue weighted by Gasteiger charge is -2.11. The average Bonchev–Trinajstić information content (AvgIpc) is 2.35. The van der Waals surface area contributed by atoms with Gasteiger partial charge in [-0.05, 0) is 17.7 Å². The van der Waals surface area contributed by atoms with Crippen LogP contribution in [0, 0.1) is 0 Å². The number of ether oxygens (including phenoxy) is 2. The molecule has 0 aliphatic rings. The third kappa shape index (κ3) is 3.52. The van der Waals surface area contributed by atoms with Crippen LogP contribution in [0.2, 0.25) is 0 Å². The molecule has 1 aromatic carbocycles. The van der Waals surface area contributed by atoms with E-state index in [9.17, 15) is 4.79 Å². The largest absolute Gasteiger partial charge is 0.497 e. The van der Waals surface area contributed by atoms with E-state index < -0.39 is 0 Å². The van der Waals surface area contributed by atoms with Crippen molar-refractivity contribution in [2.45, 2.75) is 0 Å². The minimum Gasteiger partial charge on any atom is -0.497 e. The summed E-state index contributed by atoms with van der Waals surface area (Å²) >= 11 is 0. The van der Waals surface area contributed by atoms with Crippen molar-refractivity contribution in [1.29, 1.82) is 0 Å². The maximum atomic E-state index is 11.7. The molecule has 0 aromatic heterocycles. The highest BCUT2D eigenvalue weighted by Gasteiger charge is 2.13. The SMILES string of the molecule is COC(=O)/C(=C\N(C)C)c1cccc(OC)c1. The molecular weight excluding hydrogens is 218 g/mol. The smallest absolute Gasteiger partial charge is 0.339 e. The lowest BCUT2D eigenvalue weighted by molar-refractivity contribution is -0.133. The van der Waals surface area contributed by atoms with Gasteiger partial charge in [0.2, 0.25) is 0 Å². The molecule has 0 amide bonds. The van der Waals surface area contributed by atoms with E-state index in [2.05, 4.69) is 0 Å². The van der Waals surface area contributed by atoms with Crippen LogP contribution in [-0.4, -0.2) is 39.2 Å². The van der Waals surface area contributed by atoms with E-state index in [1.165, 1.54) is 7.11 Å². The maximum absolute atomic E-state index is 11.7. The summed E-state index contributed by atoms with van der Waals surface area (Å²) in [6.45, 7) is 0. The second-order valence-electron chi connectivity index (χ2n) is 3.73. The molecule has 0 atom stereocenters. The van der Waals surface area contributed by atoms with Gasteiger partial charge in [-0.2, -0.15) is 0 Å². The first-order valence-electron chi connectivity index (χ1n) is 5.19. The predicted molar refractivity (Wildman–Crippen MR) is 66.7 cm³/mol. The van der Waals surface area contributed by atoms with Gasteiger partial charge in [-0.1, -0.05) is 12.1 Å². The number of nitrogens with zero attached hydrogens (tertiary/aromatic N) is 1. The Kier molecular flexibility index (Phi) is 4.57. The standard InChI is InChI=1S/C13H17NO3/c1-14(2)9-12(13(15)17-4)10-6-5-7-11(8-10)16-3/h5-9H,1-4H3/b12-9-. The van der Waals surface area contributed by atoms with Gasteiger partial charge >= 0.3 is 5.97 Å². The lowest BCUT2D eigenvalue weighted by Crippen LogP contribution is -2.10. The normalized spacial score (nSPS) is 10.9. The summed E-state index contributed by atoms with van der Waals surface area (Å²) in [7, 11) is 6.66. The first-order valence-corrected chi connectivity index (χ1v) is 5.19. The van der Waals surface area contributed by atoms with Crippen molar-refractivity contribution in [2.24, 2.45) is 0 Å². The van der Waals surface area contributed by atoms with E-state index in [1.54, 1.807) is 24.3 Å². The molecule has 0 unspecified atom stereocenters. The Morgan fingerprint density at radius 3 is 2.53 bits per heavy atom. The van der Waals surface area contributed by atoms with E-state index in [4.69, 9.17) is 9.47 Å². The van der Waals surface area contributed by atoms with Crippen LogP contribution in [0.3, 0.4) is 0 Å². The number of benzene rings is 1. The van der Waals surface area contributed by atoms with Crippen LogP contribution in [0.5, 0.6) is 5.75 Å². The Bertz CT molecular complexity index is 424. The summed E-state index contributed by atoms with van der Waals surface area (Å²) in [5, 5.41) is 0. The third-order valence-corrected chi connectivity index (χ3v) is 2.17. The number of carbonyl (C=O) groups is 1. The molecule has 0 N–H and O–H groups in total. The summed E-state index contributed by atoms with van der Waals surface area (Å²) in [5.74, 6) is 0.336. The molecule has 0 saturated carbocycles. The van der Waals surface area contributed by atoms with Crippen LogP contribution in [0.25, 0.3) is 5.57 Å². The van der Waals surface area contributed by atoms with E-state index in [0.29, 0.717) is 11.3 Å². The predicted octanol–water partition coefficient (Wildman–Crippen LogP) is 1.77. The first kappa shape index (κ1) is 13.1.